The Morgan fingerprint density at radius 2 is 1.27 bits per heavy atom. The molecule has 37 heteroatoms. The summed E-state index contributed by atoms with van der Waals surface area (Å²) in [5.74, 6) is -2.65. The highest BCUT2D eigenvalue weighted by atomic mass is 35.5. The van der Waals surface area contributed by atoms with Crippen molar-refractivity contribution >= 4 is 80.4 Å². The van der Waals surface area contributed by atoms with Crippen LogP contribution in [-0.4, -0.2) is 298 Å². The Hall–Kier alpha value is -10.8. The van der Waals surface area contributed by atoms with Crippen LogP contribution in [0, 0.1) is 18.7 Å². The number of para-hydroxylation sites is 2. The van der Waals surface area contributed by atoms with Gasteiger partial charge in [0.1, 0.15) is 66.1 Å². The van der Waals surface area contributed by atoms with E-state index in [0.717, 1.165) is 42.2 Å². The Morgan fingerprint density at radius 1 is 0.641 bits per heavy atom. The average Bonchev–Trinajstić information content (AvgIpc) is 1.59. The summed E-state index contributed by atoms with van der Waals surface area (Å²) in [6.07, 6.45) is 5.18. The second-order valence-corrected chi connectivity index (χ2v) is 32.9. The Bertz CT molecular complexity index is 4990. The fraction of sp³-hybridized carbons (Fsp3) is 0.479. The maximum Gasteiger partial charge on any atom is 0.345 e. The molecule has 3 atom stereocenters. The van der Waals surface area contributed by atoms with E-state index in [1.807, 2.05) is 55.5 Å². The maximum atomic E-state index is 14.7. The first-order valence-corrected chi connectivity index (χ1v) is 45.1. The number of quaternary nitrogens is 1. The highest BCUT2D eigenvalue weighted by Crippen LogP contribution is 2.50. The number of nitrogens with one attached hydrogen (secondary N) is 4. The van der Waals surface area contributed by atoms with E-state index < -0.39 is 71.5 Å². The van der Waals surface area contributed by atoms with Gasteiger partial charge in [-0.05, 0) is 121 Å². The fourth-order valence-corrected chi connectivity index (χ4v) is 15.8. The molecule has 8 aromatic rings. The standard InChI is InChI=1S/C94H120ClFN12O22S/c1-64(2)86(105-80(109)30-40-120-41-36-107-81(110)27-28-82(107)111)90(113)104-75(16-11-31-99-94(97)116)89(112)103-71-24-21-69(67(59-71)14-12-39-119-45-46-122-49-50-124-53-54-126-57-58-127-56-55-125-52-51-123-48-47-121-44-43-117-5)61-108(4)37-33-106(34-38-108)35-42-128-78-26-25-73(65(3)85(78)95)83-84-91(100-63-101-92(84)131-87(83)66-19-22-70(96)23-20-66)130-79(93(114)115)60-68-13-7-9-17-76(68)129-62-72-29-32-98-88(102-72)74-15-8-10-18-77(74)118-6/h7-10,13,15,17-29,32,59,63-64,75,79,86H,11-12,14,16,30-31,33-58,60-62H2,1-6H3,(H6-,97,99,103,104,105,109,112,113,114,115,116)/p+1/t75-,79+,86-/m0/s1. The van der Waals surface area contributed by atoms with Gasteiger partial charge in [-0.3, -0.25) is 33.8 Å². The van der Waals surface area contributed by atoms with Crippen molar-refractivity contribution in [3.8, 4) is 56.1 Å². The maximum absolute atomic E-state index is 14.7. The number of ether oxygens (including phenoxy) is 14. The number of halogens is 2. The van der Waals surface area contributed by atoms with Crippen molar-refractivity contribution in [1.82, 2.24) is 45.7 Å². The topological polar surface area (TPSA) is 401 Å². The van der Waals surface area contributed by atoms with Gasteiger partial charge < -0.3 is 103 Å². The summed E-state index contributed by atoms with van der Waals surface area (Å²) >= 11 is 8.67. The molecule has 0 unspecified atom stereocenters. The molecule has 0 spiro atoms. The molecule has 10 rings (SSSR count). The van der Waals surface area contributed by atoms with Crippen LogP contribution in [0.1, 0.15) is 67.5 Å². The Balaban J connectivity index is 0.747. The summed E-state index contributed by atoms with van der Waals surface area (Å²) in [6.45, 7) is 17.7. The molecule has 3 aromatic heterocycles. The van der Waals surface area contributed by atoms with E-state index in [1.165, 1.54) is 41.9 Å². The number of hydrogen-bond donors (Lipinski definition) is 6. The summed E-state index contributed by atoms with van der Waals surface area (Å²) in [4.78, 5) is 114. The number of thiophene rings is 1. The predicted molar refractivity (Wildman–Crippen MR) is 489 cm³/mol. The minimum Gasteiger partial charge on any atom is -0.496 e. The van der Waals surface area contributed by atoms with Crippen molar-refractivity contribution in [3.05, 3.63) is 173 Å². The number of aromatic nitrogens is 4. The van der Waals surface area contributed by atoms with E-state index in [9.17, 15) is 43.1 Å². The molecule has 0 saturated carbocycles. The molecule has 131 heavy (non-hydrogen) atoms. The van der Waals surface area contributed by atoms with Crippen LogP contribution in [0.4, 0.5) is 14.9 Å². The van der Waals surface area contributed by atoms with Gasteiger partial charge in [0.05, 0.1) is 174 Å². The van der Waals surface area contributed by atoms with Crippen molar-refractivity contribution in [2.75, 3.05) is 205 Å². The second kappa shape index (κ2) is 54.9. The van der Waals surface area contributed by atoms with Gasteiger partial charge in [-0.1, -0.05) is 80.0 Å². The molecule has 7 amide bonds. The summed E-state index contributed by atoms with van der Waals surface area (Å²) in [5, 5.41) is 22.9. The first kappa shape index (κ1) is 102. The van der Waals surface area contributed by atoms with E-state index in [4.69, 9.17) is 88.6 Å². The smallest absolute Gasteiger partial charge is 0.345 e. The average molecular weight is 1860 g/mol. The number of aliphatic carboxylic acids is 1. The third kappa shape index (κ3) is 33.2. The van der Waals surface area contributed by atoms with Gasteiger partial charge in [-0.25, -0.2) is 33.9 Å². The van der Waals surface area contributed by atoms with Gasteiger partial charge in [0.15, 0.2) is 5.82 Å². The number of nitrogens with two attached hydrogens (primary N) is 1. The van der Waals surface area contributed by atoms with Gasteiger partial charge in [0.25, 0.3) is 11.8 Å². The van der Waals surface area contributed by atoms with Crippen molar-refractivity contribution in [2.24, 2.45) is 11.7 Å². The van der Waals surface area contributed by atoms with Gasteiger partial charge in [0, 0.05) is 92.8 Å². The number of carboxylic acid groups (broad SMARTS) is 1. The zero-order chi connectivity index (χ0) is 93.1. The number of carbonyl (C=O) groups is 7. The molecule has 0 radical (unpaired) electrons. The number of imide groups is 1. The summed E-state index contributed by atoms with van der Waals surface area (Å²) in [5.41, 5.74) is 12.4. The van der Waals surface area contributed by atoms with Crippen LogP contribution in [0.15, 0.2) is 134 Å². The number of carboxylic acids is 1. The number of aryl methyl sites for hydroxylation is 1. The van der Waals surface area contributed by atoms with Crippen molar-refractivity contribution in [1.29, 1.82) is 0 Å². The fourth-order valence-electron chi connectivity index (χ4n) is 14.5. The Kier molecular flexibility index (Phi) is 42.9. The van der Waals surface area contributed by atoms with Gasteiger partial charge in [0.2, 0.25) is 29.7 Å². The molecular weight excluding hydrogens is 1740 g/mol. The lowest BCUT2D eigenvalue weighted by Gasteiger charge is -2.42. The normalized spacial score (nSPS) is 13.9. The number of primary amides is 1. The molecule has 1 saturated heterocycles. The molecule has 5 heterocycles. The number of benzene rings is 5. The number of anilines is 1. The number of rotatable bonds is 62. The number of urea groups is 1. The molecular formula is C94H121ClFN12O22S+. The van der Waals surface area contributed by atoms with E-state index >= 15 is 0 Å². The minimum atomic E-state index is -1.46. The monoisotopic (exact) mass is 1860 g/mol. The zero-order valence-corrected chi connectivity index (χ0v) is 76.7. The Labute approximate surface area is 771 Å². The molecule has 2 aliphatic heterocycles. The lowest BCUT2D eigenvalue weighted by Crippen LogP contribution is -2.57. The SMILES string of the molecule is COCCOCCOCCOCCOCCOCCOCCOCCOCCCc1cc(NC(=O)[C@H](CCCNC(N)=O)NC(=O)[C@@H](NC(=O)CCOCCN2C(=O)C=CC2=O)C(C)C)ccc1C[N+]1(C)CCN(CCOc2ccc(-c3c(-c4ccc(F)cc4)sc4ncnc(O[C@H](Cc5ccccc5OCc5ccnc(-c6ccccc6OC)n5)C(=O)O)c34)c(C)c2Cl)CC1. The Morgan fingerprint density at radius 3 is 1.90 bits per heavy atom. The quantitative estimate of drug-likeness (QED) is 0.0117. The molecule has 7 N–H and O–H groups in total. The summed E-state index contributed by atoms with van der Waals surface area (Å²) in [7, 11) is 5.44. The van der Waals surface area contributed by atoms with Crippen LogP contribution in [-0.2, 0) is 102 Å². The molecule has 5 aromatic carbocycles. The van der Waals surface area contributed by atoms with Gasteiger partial charge >= 0.3 is 12.0 Å². The number of methoxy groups -OCH3 is 2. The number of fused-ring (bicyclic) bond motifs is 1. The number of hydrogen-bond acceptors (Lipinski definition) is 27. The second-order valence-electron chi connectivity index (χ2n) is 31.5. The lowest BCUT2D eigenvalue weighted by atomic mass is 9.96. The minimum absolute atomic E-state index is 0.00911. The molecule has 0 aliphatic carbocycles. The van der Waals surface area contributed by atoms with Crippen LogP contribution in [0.2, 0.25) is 5.02 Å². The van der Waals surface area contributed by atoms with Crippen LogP contribution < -0.4 is 45.9 Å². The number of piperazine rings is 1. The first-order valence-electron chi connectivity index (χ1n) is 43.9. The third-order valence-electron chi connectivity index (χ3n) is 21.6. The van der Waals surface area contributed by atoms with Crippen molar-refractivity contribution < 1.29 is 114 Å². The molecule has 1 fully saturated rings. The predicted octanol–water partition coefficient (Wildman–Crippen LogP) is 9.64. The summed E-state index contributed by atoms with van der Waals surface area (Å²) in [6, 6.07) is 29.0. The first-order chi connectivity index (χ1) is 63.6. The summed E-state index contributed by atoms with van der Waals surface area (Å²) < 4.78 is 95.9. The molecule has 0 bridgehead atoms. The van der Waals surface area contributed by atoms with Crippen LogP contribution in [0.25, 0.3) is 43.2 Å². The number of nitrogens with zero attached hydrogens (tertiary/aromatic N) is 7. The molecule has 708 valence electrons. The lowest BCUT2D eigenvalue weighted by molar-refractivity contribution is -0.926. The number of amides is 7. The number of likely N-dealkylation sites (N-methyl/N-ethyl adjacent to an activating group) is 1. The van der Waals surface area contributed by atoms with Crippen LogP contribution in [0.3, 0.4) is 0 Å². The van der Waals surface area contributed by atoms with Gasteiger partial charge in [-0.2, -0.15) is 0 Å². The van der Waals surface area contributed by atoms with E-state index in [1.54, 1.807) is 82.8 Å². The largest absolute Gasteiger partial charge is 0.496 e. The van der Waals surface area contributed by atoms with E-state index in [-0.39, 0.29) is 64.5 Å². The van der Waals surface area contributed by atoms with E-state index in [2.05, 4.69) is 48.2 Å². The number of carbonyl (C=O) groups excluding carboxylic acids is 6. The molecule has 34 nitrogen and oxygen atoms in total. The highest BCUT2D eigenvalue weighted by molar-refractivity contribution is 7.22. The van der Waals surface area contributed by atoms with Crippen molar-refractivity contribution in [3.63, 3.8) is 0 Å². The van der Waals surface area contributed by atoms with Crippen LogP contribution >= 0.6 is 22.9 Å². The highest BCUT2D eigenvalue weighted by Gasteiger charge is 2.34. The zero-order valence-electron chi connectivity index (χ0n) is 75.2. The molecule has 2 aliphatic rings. The van der Waals surface area contributed by atoms with Crippen LogP contribution in [0.5, 0.6) is 23.1 Å². The van der Waals surface area contributed by atoms with Crippen molar-refractivity contribution in [2.45, 2.75) is 90.6 Å². The third-order valence-corrected chi connectivity index (χ3v) is 23.2. The van der Waals surface area contributed by atoms with Gasteiger partial charge in [-0.15, -0.1) is 11.3 Å². The van der Waals surface area contributed by atoms with E-state index in [0.29, 0.717) is 237 Å².